The molecule has 2 atom stereocenters. The molecule has 0 spiro atoms. The van der Waals surface area contributed by atoms with Crippen molar-refractivity contribution >= 4 is 34.5 Å². The molecule has 8 nitrogen and oxygen atoms in total. The summed E-state index contributed by atoms with van der Waals surface area (Å²) in [6, 6.07) is 22.0. The number of nitrogens with zero attached hydrogens (tertiary/aromatic N) is 2. The number of ketones is 4. The number of carbonyl (C=O) groups excluding carboxylic acids is 4. The fourth-order valence-corrected chi connectivity index (χ4v) is 10.5. The molecule has 0 saturated carbocycles. The highest BCUT2D eigenvalue weighted by atomic mass is 16.3. The van der Waals surface area contributed by atoms with Gasteiger partial charge in [-0.3, -0.25) is 19.2 Å². The monoisotopic (exact) mass is 748 g/mol. The average Bonchev–Trinajstić information content (AvgIpc) is 3.13. The Morgan fingerprint density at radius 1 is 0.482 bits per heavy atom. The minimum absolute atomic E-state index is 0.0182. The van der Waals surface area contributed by atoms with Gasteiger partial charge in [0, 0.05) is 94.0 Å². The Labute approximate surface area is 327 Å². The fraction of sp³-hybridized carbons (Fsp3) is 0.375. The van der Waals surface area contributed by atoms with Crippen molar-refractivity contribution in [2.75, 3.05) is 9.80 Å². The van der Waals surface area contributed by atoms with E-state index < -0.39 is 11.8 Å². The van der Waals surface area contributed by atoms with Gasteiger partial charge in [-0.25, -0.2) is 0 Å². The van der Waals surface area contributed by atoms with Gasteiger partial charge in [0.25, 0.3) is 0 Å². The molecule has 3 aromatic carbocycles. The number of benzene rings is 3. The van der Waals surface area contributed by atoms with Crippen molar-refractivity contribution in [3.05, 3.63) is 129 Å². The van der Waals surface area contributed by atoms with E-state index in [2.05, 4.69) is 43.6 Å². The number of aromatic hydroxyl groups is 2. The van der Waals surface area contributed by atoms with Crippen LogP contribution in [-0.2, 0) is 19.2 Å². The largest absolute Gasteiger partial charge is 0.508 e. The van der Waals surface area contributed by atoms with Crippen LogP contribution in [0.2, 0.25) is 0 Å². The molecule has 2 aliphatic heterocycles. The van der Waals surface area contributed by atoms with Crippen molar-refractivity contribution in [1.29, 1.82) is 0 Å². The standard InChI is InChI=1S/C48H48N2O6/c1-47(2)23-35-45(39(55)25-47)41(43-33(10-6-12-37(43)53)49(35)29-14-18-31(51)19-15-29)27-8-5-9-28(22-27)42-44-34(11-7-13-38(44)54)50(30-16-20-32(52)21-17-30)36-24-48(3,4)26-40(56)46(36)42/h5,8-9,14-22,41-42,51-52H,6-7,10-13,23-26H2,1-4H3. The second-order valence-electron chi connectivity index (χ2n) is 18.1. The second-order valence-corrected chi connectivity index (χ2v) is 18.1. The van der Waals surface area contributed by atoms with Crippen molar-refractivity contribution < 1.29 is 29.4 Å². The van der Waals surface area contributed by atoms with Crippen molar-refractivity contribution in [3.8, 4) is 11.5 Å². The highest BCUT2D eigenvalue weighted by Gasteiger charge is 2.49. The molecule has 0 saturated heterocycles. The van der Waals surface area contributed by atoms with Crippen LogP contribution in [0.15, 0.2) is 118 Å². The van der Waals surface area contributed by atoms with Crippen molar-refractivity contribution in [3.63, 3.8) is 0 Å². The summed E-state index contributed by atoms with van der Waals surface area (Å²) < 4.78 is 0. The summed E-state index contributed by atoms with van der Waals surface area (Å²) >= 11 is 0. The number of allylic oxidation sites excluding steroid dienone is 8. The van der Waals surface area contributed by atoms with Gasteiger partial charge < -0.3 is 20.0 Å². The number of phenolic OH excluding ortho intramolecular Hbond substituents is 2. The van der Waals surface area contributed by atoms with E-state index in [9.17, 15) is 29.4 Å². The molecule has 0 aromatic heterocycles. The van der Waals surface area contributed by atoms with Crippen LogP contribution >= 0.6 is 0 Å². The highest BCUT2D eigenvalue weighted by Crippen LogP contribution is 2.56. The Hall–Kier alpha value is -5.50. The molecule has 8 heteroatoms. The van der Waals surface area contributed by atoms with Gasteiger partial charge in [0.15, 0.2) is 23.1 Å². The number of hydrogen-bond donors (Lipinski definition) is 2. The number of rotatable bonds is 4. The lowest BCUT2D eigenvalue weighted by Crippen LogP contribution is -2.43. The van der Waals surface area contributed by atoms with E-state index in [1.54, 1.807) is 24.3 Å². The minimum atomic E-state index is -0.591. The SMILES string of the molecule is CC1(C)CC(=O)C2=C(C1)N(c1ccc(O)cc1)C1=C(C(=O)CCC1)C2c1cccc(C2C3=C(CCCC3=O)N(c3ccc(O)cc3)C3=C2C(=O)CC(C)(C)C3)c1. The molecule has 2 heterocycles. The lowest BCUT2D eigenvalue weighted by molar-refractivity contribution is -0.120. The molecule has 6 aliphatic rings. The van der Waals surface area contributed by atoms with Gasteiger partial charge >= 0.3 is 0 Å². The van der Waals surface area contributed by atoms with Crippen LogP contribution < -0.4 is 9.80 Å². The normalized spacial score (nSPS) is 24.6. The van der Waals surface area contributed by atoms with Crippen molar-refractivity contribution in [2.24, 2.45) is 10.8 Å². The first-order valence-corrected chi connectivity index (χ1v) is 20.0. The number of hydrogen-bond acceptors (Lipinski definition) is 8. The zero-order valence-electron chi connectivity index (χ0n) is 32.6. The third-order valence-corrected chi connectivity index (χ3v) is 12.7. The van der Waals surface area contributed by atoms with Crippen molar-refractivity contribution in [2.45, 2.75) is 104 Å². The molecular formula is C48H48N2O6. The van der Waals surface area contributed by atoms with Gasteiger partial charge in [-0.15, -0.1) is 0 Å². The maximum absolute atomic E-state index is 14.6. The molecule has 0 amide bonds. The van der Waals surface area contributed by atoms with Crippen LogP contribution in [0.3, 0.4) is 0 Å². The van der Waals surface area contributed by atoms with Gasteiger partial charge in [-0.1, -0.05) is 52.0 Å². The summed E-state index contributed by atoms with van der Waals surface area (Å²) in [7, 11) is 0. The van der Waals surface area contributed by atoms with Crippen LogP contribution in [0.4, 0.5) is 11.4 Å². The maximum Gasteiger partial charge on any atom is 0.162 e. The van der Waals surface area contributed by atoms with E-state index in [1.807, 2.05) is 42.5 Å². The van der Waals surface area contributed by atoms with E-state index in [0.29, 0.717) is 86.5 Å². The maximum atomic E-state index is 14.6. The summed E-state index contributed by atoms with van der Waals surface area (Å²) in [6.45, 7) is 8.44. The molecule has 3 aromatic rings. The molecule has 0 fully saturated rings. The third-order valence-electron chi connectivity index (χ3n) is 12.7. The van der Waals surface area contributed by atoms with E-state index in [4.69, 9.17) is 0 Å². The van der Waals surface area contributed by atoms with Crippen LogP contribution in [0, 0.1) is 10.8 Å². The van der Waals surface area contributed by atoms with E-state index in [1.165, 1.54) is 0 Å². The molecule has 0 radical (unpaired) electrons. The second kappa shape index (κ2) is 13.0. The van der Waals surface area contributed by atoms with E-state index >= 15 is 0 Å². The quantitative estimate of drug-likeness (QED) is 0.271. The molecule has 56 heavy (non-hydrogen) atoms. The van der Waals surface area contributed by atoms with Gasteiger partial charge in [-0.2, -0.15) is 0 Å². The zero-order chi connectivity index (χ0) is 39.3. The predicted octanol–water partition coefficient (Wildman–Crippen LogP) is 9.61. The molecular weight excluding hydrogens is 701 g/mol. The van der Waals surface area contributed by atoms with Gasteiger partial charge in [0.1, 0.15) is 11.5 Å². The summed E-state index contributed by atoms with van der Waals surface area (Å²) in [6.07, 6.45) is 5.50. The van der Waals surface area contributed by atoms with Gasteiger partial charge in [-0.05, 0) is 109 Å². The number of Topliss-reactive ketones (excluding diaryl/α,β-unsaturated/α-hetero) is 4. The van der Waals surface area contributed by atoms with Crippen LogP contribution in [0.25, 0.3) is 0 Å². The molecule has 0 bridgehead atoms. The average molecular weight is 749 g/mol. The molecule has 2 unspecified atom stereocenters. The van der Waals surface area contributed by atoms with Gasteiger partial charge in [0.05, 0.1) is 0 Å². The zero-order valence-corrected chi connectivity index (χ0v) is 32.6. The first kappa shape index (κ1) is 36.2. The van der Waals surface area contributed by atoms with Crippen molar-refractivity contribution in [1.82, 2.24) is 0 Å². The Bertz CT molecular complexity index is 2210. The first-order valence-electron chi connectivity index (χ1n) is 20.0. The highest BCUT2D eigenvalue weighted by molar-refractivity contribution is 6.09. The number of anilines is 2. The number of carbonyl (C=O) groups is 4. The summed E-state index contributed by atoms with van der Waals surface area (Å²) in [5, 5.41) is 20.4. The molecule has 4 aliphatic carbocycles. The van der Waals surface area contributed by atoms with Crippen LogP contribution in [0.1, 0.15) is 115 Å². The van der Waals surface area contributed by atoms with E-state index in [0.717, 1.165) is 45.3 Å². The summed E-state index contributed by atoms with van der Waals surface area (Å²) in [4.78, 5) is 61.9. The van der Waals surface area contributed by atoms with Gasteiger partial charge in [0.2, 0.25) is 0 Å². The predicted molar refractivity (Wildman–Crippen MR) is 215 cm³/mol. The molecule has 286 valence electrons. The smallest absolute Gasteiger partial charge is 0.162 e. The Balaban J connectivity index is 1.26. The third kappa shape index (κ3) is 5.87. The summed E-state index contributed by atoms with van der Waals surface area (Å²) in [5.74, 6) is -0.804. The Kier molecular flexibility index (Phi) is 8.42. The van der Waals surface area contributed by atoms with Crippen LogP contribution in [-0.4, -0.2) is 33.3 Å². The lowest BCUT2D eigenvalue weighted by atomic mass is 9.64. The minimum Gasteiger partial charge on any atom is -0.508 e. The topological polar surface area (TPSA) is 115 Å². The number of phenols is 2. The molecule has 2 N–H and O–H groups in total. The molecule has 9 rings (SSSR count). The summed E-state index contributed by atoms with van der Waals surface area (Å²) in [5.41, 5.74) is 8.77. The van der Waals surface area contributed by atoms with Crippen LogP contribution in [0.5, 0.6) is 11.5 Å². The Morgan fingerprint density at radius 2 is 0.857 bits per heavy atom. The lowest BCUT2D eigenvalue weighted by Gasteiger charge is -2.47. The Morgan fingerprint density at radius 3 is 1.25 bits per heavy atom. The fourth-order valence-electron chi connectivity index (χ4n) is 10.5. The van der Waals surface area contributed by atoms with E-state index in [-0.39, 0.29) is 45.5 Å². The first-order chi connectivity index (χ1) is 26.7.